The lowest BCUT2D eigenvalue weighted by atomic mass is 9.90. The SMILES string of the molecule is Nc1nc(Cl)nc2c1ncn2[C@@H]1O[C@@H]2C(OC(Cc3ccc(-c4ccccc4C(=O)O)cc3)(C(=O)O)c3cscn3)[C@]2(O)[C@@H]1F. The van der Waals surface area contributed by atoms with Gasteiger partial charge in [-0.15, -0.1) is 11.3 Å². The zero-order valence-electron chi connectivity index (χ0n) is 22.8. The van der Waals surface area contributed by atoms with Crippen LogP contribution in [0.15, 0.2) is 65.7 Å². The van der Waals surface area contributed by atoms with Gasteiger partial charge in [-0.2, -0.15) is 9.97 Å². The molecule has 1 saturated carbocycles. The summed E-state index contributed by atoms with van der Waals surface area (Å²) in [7, 11) is 0. The molecule has 0 bridgehead atoms. The number of hydrogen-bond acceptors (Lipinski definition) is 11. The quantitative estimate of drug-likeness (QED) is 0.170. The molecule has 7 rings (SSSR count). The highest BCUT2D eigenvalue weighted by atomic mass is 35.5. The minimum absolute atomic E-state index is 0.0177. The first-order chi connectivity index (χ1) is 21.5. The Bertz CT molecular complexity index is 1960. The number of benzene rings is 2. The van der Waals surface area contributed by atoms with Crippen molar-refractivity contribution in [3.05, 3.63) is 87.9 Å². The maximum atomic E-state index is 16.0. The van der Waals surface area contributed by atoms with Crippen molar-refractivity contribution in [2.45, 2.75) is 42.2 Å². The van der Waals surface area contributed by atoms with Crippen LogP contribution in [0.3, 0.4) is 0 Å². The molecule has 1 saturated heterocycles. The van der Waals surface area contributed by atoms with Crippen molar-refractivity contribution >= 4 is 51.9 Å². The molecule has 45 heavy (non-hydrogen) atoms. The minimum atomic E-state index is -2.19. The van der Waals surface area contributed by atoms with Gasteiger partial charge in [-0.25, -0.2) is 23.9 Å². The van der Waals surface area contributed by atoms with Crippen molar-refractivity contribution in [1.82, 2.24) is 24.5 Å². The van der Waals surface area contributed by atoms with Gasteiger partial charge in [0.2, 0.25) is 10.9 Å². The highest BCUT2D eigenvalue weighted by Gasteiger charge is 2.80. The smallest absolute Gasteiger partial charge is 0.342 e. The van der Waals surface area contributed by atoms with Crippen molar-refractivity contribution in [2.75, 3.05) is 5.73 Å². The van der Waals surface area contributed by atoms with Crippen LogP contribution < -0.4 is 5.73 Å². The fourth-order valence-electron chi connectivity index (χ4n) is 5.80. The summed E-state index contributed by atoms with van der Waals surface area (Å²) in [5.74, 6) is -2.50. The fraction of sp³-hybridized carbons (Fsp3) is 0.241. The summed E-state index contributed by atoms with van der Waals surface area (Å²) < 4.78 is 29.2. The van der Waals surface area contributed by atoms with Gasteiger partial charge >= 0.3 is 11.9 Å². The number of nitrogens with two attached hydrogens (primary N) is 1. The average molecular weight is 653 g/mol. The molecule has 2 fully saturated rings. The van der Waals surface area contributed by atoms with Crippen LogP contribution in [0.4, 0.5) is 10.2 Å². The number of ether oxygens (including phenoxy) is 2. The Hall–Kier alpha value is -4.54. The van der Waals surface area contributed by atoms with Gasteiger partial charge in [0.25, 0.3) is 0 Å². The molecular formula is C29H22ClFN6O7S. The second-order valence-electron chi connectivity index (χ2n) is 10.7. The lowest BCUT2D eigenvalue weighted by Gasteiger charge is -2.31. The van der Waals surface area contributed by atoms with Crippen molar-refractivity contribution in [3.63, 3.8) is 0 Å². The van der Waals surface area contributed by atoms with E-state index in [9.17, 15) is 24.9 Å². The van der Waals surface area contributed by atoms with Crippen LogP contribution in [0.25, 0.3) is 22.3 Å². The Morgan fingerprint density at radius 3 is 2.56 bits per heavy atom. The predicted molar refractivity (Wildman–Crippen MR) is 157 cm³/mol. The molecule has 2 aliphatic rings. The van der Waals surface area contributed by atoms with Crippen LogP contribution in [0.1, 0.15) is 27.8 Å². The number of imidazole rings is 1. The summed E-state index contributed by atoms with van der Waals surface area (Å²) >= 11 is 7.08. The van der Waals surface area contributed by atoms with E-state index in [0.717, 1.165) is 11.3 Å². The summed E-state index contributed by atoms with van der Waals surface area (Å²) in [6.07, 6.45) is -5.04. The first-order valence-corrected chi connectivity index (χ1v) is 14.8. The Morgan fingerprint density at radius 2 is 1.91 bits per heavy atom. The van der Waals surface area contributed by atoms with E-state index in [4.69, 9.17) is 26.8 Å². The van der Waals surface area contributed by atoms with E-state index >= 15 is 4.39 Å². The number of aromatic nitrogens is 5. The largest absolute Gasteiger partial charge is 0.479 e. The number of aromatic carboxylic acids is 1. The number of rotatable bonds is 9. The third kappa shape index (κ3) is 4.54. The number of nitrogen functional groups attached to an aromatic ring is 1. The predicted octanol–water partition coefficient (Wildman–Crippen LogP) is 3.47. The molecule has 0 radical (unpaired) electrons. The van der Waals surface area contributed by atoms with Gasteiger partial charge in [-0.1, -0.05) is 42.5 Å². The Morgan fingerprint density at radius 1 is 1.16 bits per heavy atom. The van der Waals surface area contributed by atoms with Crippen LogP contribution in [0.5, 0.6) is 0 Å². The second kappa shape index (κ2) is 10.5. The number of hydrogen-bond donors (Lipinski definition) is 4. The number of aliphatic hydroxyl groups is 1. The fourth-order valence-corrected chi connectivity index (χ4v) is 6.59. The van der Waals surface area contributed by atoms with Crippen LogP contribution >= 0.6 is 22.9 Å². The number of carbonyl (C=O) groups is 2. The van der Waals surface area contributed by atoms with E-state index in [2.05, 4.69) is 19.9 Å². The molecule has 5 aromatic rings. The number of carboxylic acid groups (broad SMARTS) is 2. The van der Waals surface area contributed by atoms with E-state index in [1.807, 2.05) is 0 Å². The molecule has 230 valence electrons. The molecule has 5 N–H and O–H groups in total. The molecule has 16 heteroatoms. The molecule has 4 heterocycles. The third-order valence-corrected chi connectivity index (χ3v) is 8.90. The Labute approximate surface area is 261 Å². The number of thiazole rings is 1. The number of anilines is 1. The third-order valence-electron chi connectivity index (χ3n) is 8.15. The van der Waals surface area contributed by atoms with E-state index in [-0.39, 0.29) is 39.9 Å². The maximum absolute atomic E-state index is 16.0. The Kier molecular flexibility index (Phi) is 6.83. The van der Waals surface area contributed by atoms with Crippen molar-refractivity contribution in [1.29, 1.82) is 0 Å². The number of halogens is 2. The van der Waals surface area contributed by atoms with Crippen LogP contribution in [0.2, 0.25) is 5.28 Å². The second-order valence-corrected chi connectivity index (χ2v) is 11.8. The molecule has 1 aliphatic carbocycles. The van der Waals surface area contributed by atoms with Crippen LogP contribution in [-0.4, -0.2) is 75.7 Å². The van der Waals surface area contributed by atoms with E-state index in [0.29, 0.717) is 16.7 Å². The highest BCUT2D eigenvalue weighted by Crippen LogP contribution is 2.58. The van der Waals surface area contributed by atoms with E-state index in [1.54, 1.807) is 42.5 Å². The molecule has 6 atom stereocenters. The van der Waals surface area contributed by atoms with Gasteiger partial charge in [-0.3, -0.25) is 4.57 Å². The summed E-state index contributed by atoms with van der Waals surface area (Å²) in [4.78, 5) is 40.9. The van der Waals surface area contributed by atoms with E-state index < -0.39 is 47.7 Å². The summed E-state index contributed by atoms with van der Waals surface area (Å²) in [5, 5.41) is 32.8. The normalized spacial score (nSPS) is 25.1. The number of alkyl halides is 1. The molecule has 0 amide bonds. The first kappa shape index (κ1) is 29.2. The Balaban J connectivity index is 1.17. The molecular weight excluding hydrogens is 631 g/mol. The minimum Gasteiger partial charge on any atom is -0.479 e. The molecule has 1 aliphatic heterocycles. The van der Waals surface area contributed by atoms with Gasteiger partial charge in [0.05, 0.1) is 23.1 Å². The topological polar surface area (TPSA) is 196 Å². The monoisotopic (exact) mass is 652 g/mol. The number of fused-ring (bicyclic) bond motifs is 2. The van der Waals surface area contributed by atoms with Crippen molar-refractivity contribution < 1.29 is 38.8 Å². The van der Waals surface area contributed by atoms with Crippen LogP contribution in [-0.2, 0) is 26.3 Å². The van der Waals surface area contributed by atoms with Crippen LogP contribution in [0, 0.1) is 0 Å². The first-order valence-electron chi connectivity index (χ1n) is 13.4. The molecule has 3 aromatic heterocycles. The standard InChI is InChI=1S/C29H22ClFN6O7S/c30-27-35-22(32)18-23(36-27)37(11-33-18)24-19(31)29(42)20(43-24)21(29)44-28(26(40)41,17-10-45-12-34-17)9-13-5-7-14(8-6-13)15-3-1-2-4-16(15)25(38)39/h1-8,10-12,19-21,24,42H,9H2,(H,38,39)(H,40,41)(H2,32,35,36)/t19-,20-,21?,24-,28?,29+/m1/s1. The number of nitrogens with zero attached hydrogens (tertiary/aromatic N) is 5. The number of aliphatic carboxylic acids is 1. The lowest BCUT2D eigenvalue weighted by molar-refractivity contribution is -0.183. The molecule has 0 spiro atoms. The van der Waals surface area contributed by atoms with Gasteiger partial charge in [0.15, 0.2) is 29.5 Å². The molecule has 13 nitrogen and oxygen atoms in total. The highest BCUT2D eigenvalue weighted by molar-refractivity contribution is 7.07. The summed E-state index contributed by atoms with van der Waals surface area (Å²) in [6.45, 7) is 0. The van der Waals surface area contributed by atoms with E-state index in [1.165, 1.54) is 27.9 Å². The number of carboxylic acids is 2. The zero-order valence-corrected chi connectivity index (χ0v) is 24.4. The molecule has 2 unspecified atom stereocenters. The lowest BCUT2D eigenvalue weighted by Crippen LogP contribution is -2.45. The maximum Gasteiger partial charge on any atom is 0.342 e. The zero-order chi connectivity index (χ0) is 31.7. The van der Waals surface area contributed by atoms with Crippen molar-refractivity contribution in [3.8, 4) is 11.1 Å². The van der Waals surface area contributed by atoms with Gasteiger partial charge in [0.1, 0.15) is 17.7 Å². The molecule has 2 aromatic carbocycles. The average Bonchev–Trinajstić information content (AvgIpc) is 3.52. The van der Waals surface area contributed by atoms with Gasteiger partial charge < -0.3 is 30.5 Å². The summed E-state index contributed by atoms with van der Waals surface area (Å²) in [6, 6.07) is 13.2. The van der Waals surface area contributed by atoms with Crippen molar-refractivity contribution in [2.24, 2.45) is 0 Å². The summed E-state index contributed by atoms with van der Waals surface area (Å²) in [5.41, 5.74) is 5.03. The van der Waals surface area contributed by atoms with Gasteiger partial charge in [0, 0.05) is 11.8 Å². The van der Waals surface area contributed by atoms with Gasteiger partial charge in [-0.05, 0) is 34.4 Å².